The molecular formula is C19H22FNO3. The fraction of sp³-hybridized carbons (Fsp3) is 0.316. The second-order valence-electron chi connectivity index (χ2n) is 5.62. The van der Waals surface area contributed by atoms with Crippen LogP contribution in [0.15, 0.2) is 48.5 Å². The first-order valence-corrected chi connectivity index (χ1v) is 7.95. The van der Waals surface area contributed by atoms with Crippen LogP contribution in [0.4, 0.5) is 4.39 Å². The maximum Gasteiger partial charge on any atom is 0.258 e. The van der Waals surface area contributed by atoms with Crippen molar-refractivity contribution in [1.29, 1.82) is 0 Å². The number of aliphatic hydroxyl groups excluding tert-OH is 1. The van der Waals surface area contributed by atoms with Crippen LogP contribution in [-0.2, 0) is 4.79 Å². The zero-order valence-corrected chi connectivity index (χ0v) is 13.8. The number of nitrogens with one attached hydrogen (secondary N) is 1. The fourth-order valence-electron chi connectivity index (χ4n) is 2.29. The van der Waals surface area contributed by atoms with Crippen molar-refractivity contribution in [3.63, 3.8) is 0 Å². The molecule has 0 heterocycles. The van der Waals surface area contributed by atoms with Gasteiger partial charge in [-0.15, -0.1) is 0 Å². The van der Waals surface area contributed by atoms with Gasteiger partial charge in [-0.05, 0) is 48.7 Å². The molecule has 0 radical (unpaired) electrons. The number of ether oxygens (including phenoxy) is 1. The summed E-state index contributed by atoms with van der Waals surface area (Å²) in [5.74, 6) is -0.00613. The maximum absolute atomic E-state index is 12.9. The molecule has 0 spiro atoms. The molecule has 2 atom stereocenters. The second kappa shape index (κ2) is 8.45. The van der Waals surface area contributed by atoms with E-state index in [1.54, 1.807) is 36.4 Å². The van der Waals surface area contributed by atoms with Gasteiger partial charge in [0.2, 0.25) is 0 Å². The van der Waals surface area contributed by atoms with E-state index in [-0.39, 0.29) is 24.4 Å². The Labute approximate surface area is 141 Å². The topological polar surface area (TPSA) is 58.6 Å². The molecule has 0 aliphatic rings. The van der Waals surface area contributed by atoms with Gasteiger partial charge in [0.1, 0.15) is 11.6 Å². The van der Waals surface area contributed by atoms with E-state index in [9.17, 15) is 14.3 Å². The Kier molecular flexibility index (Phi) is 6.32. The van der Waals surface area contributed by atoms with Gasteiger partial charge in [-0.25, -0.2) is 4.39 Å². The van der Waals surface area contributed by atoms with Crippen LogP contribution in [0.3, 0.4) is 0 Å². The van der Waals surface area contributed by atoms with E-state index in [4.69, 9.17) is 4.74 Å². The predicted octanol–water partition coefficient (Wildman–Crippen LogP) is 3.53. The van der Waals surface area contributed by atoms with Crippen molar-refractivity contribution < 1.29 is 19.0 Å². The maximum atomic E-state index is 12.9. The number of aliphatic hydroxyl groups is 1. The van der Waals surface area contributed by atoms with E-state index in [0.29, 0.717) is 12.2 Å². The highest BCUT2D eigenvalue weighted by atomic mass is 19.1. The largest absolute Gasteiger partial charge is 0.484 e. The summed E-state index contributed by atoms with van der Waals surface area (Å²) >= 11 is 0. The Morgan fingerprint density at radius 1 is 1.12 bits per heavy atom. The second-order valence-corrected chi connectivity index (χ2v) is 5.62. The van der Waals surface area contributed by atoms with Crippen LogP contribution in [0, 0.1) is 5.82 Å². The smallest absolute Gasteiger partial charge is 0.258 e. The van der Waals surface area contributed by atoms with Crippen molar-refractivity contribution in [2.45, 2.75) is 32.4 Å². The number of amides is 1. The van der Waals surface area contributed by atoms with Crippen LogP contribution in [0.1, 0.15) is 43.5 Å². The van der Waals surface area contributed by atoms with Crippen LogP contribution < -0.4 is 10.1 Å². The summed E-state index contributed by atoms with van der Waals surface area (Å²) in [5, 5.41) is 12.5. The van der Waals surface area contributed by atoms with Gasteiger partial charge < -0.3 is 15.2 Å². The first kappa shape index (κ1) is 17.9. The number of carbonyl (C=O) groups is 1. The van der Waals surface area contributed by atoms with Gasteiger partial charge in [-0.1, -0.05) is 31.2 Å². The number of hydrogen-bond donors (Lipinski definition) is 2. The molecule has 0 unspecified atom stereocenters. The third kappa shape index (κ3) is 5.06. The molecule has 1 amide bonds. The van der Waals surface area contributed by atoms with Gasteiger partial charge in [0.25, 0.3) is 5.91 Å². The Morgan fingerprint density at radius 2 is 1.71 bits per heavy atom. The Bertz CT molecular complexity index is 655. The molecule has 0 aromatic heterocycles. The summed E-state index contributed by atoms with van der Waals surface area (Å²) < 4.78 is 18.3. The first-order chi connectivity index (χ1) is 11.5. The van der Waals surface area contributed by atoms with Gasteiger partial charge in [-0.3, -0.25) is 4.79 Å². The van der Waals surface area contributed by atoms with Crippen molar-refractivity contribution in [3.05, 3.63) is 65.5 Å². The lowest BCUT2D eigenvalue weighted by molar-refractivity contribution is -0.123. The number of halogens is 1. The average Bonchev–Trinajstić information content (AvgIpc) is 2.60. The van der Waals surface area contributed by atoms with E-state index >= 15 is 0 Å². The molecule has 128 valence electrons. The average molecular weight is 331 g/mol. The summed E-state index contributed by atoms with van der Waals surface area (Å²) in [7, 11) is 0. The van der Waals surface area contributed by atoms with Gasteiger partial charge in [-0.2, -0.15) is 0 Å². The highest BCUT2D eigenvalue weighted by Gasteiger charge is 2.10. The molecule has 0 saturated carbocycles. The molecule has 0 aliphatic carbocycles. The molecule has 2 aromatic rings. The lowest BCUT2D eigenvalue weighted by atomic mass is 10.1. The normalized spacial score (nSPS) is 13.2. The van der Waals surface area contributed by atoms with Crippen LogP contribution in [0.25, 0.3) is 0 Å². The van der Waals surface area contributed by atoms with Crippen molar-refractivity contribution >= 4 is 5.91 Å². The van der Waals surface area contributed by atoms with E-state index in [0.717, 1.165) is 11.1 Å². The highest BCUT2D eigenvalue weighted by Crippen LogP contribution is 2.20. The molecular weight excluding hydrogens is 309 g/mol. The first-order valence-electron chi connectivity index (χ1n) is 7.95. The minimum Gasteiger partial charge on any atom is -0.484 e. The third-order valence-corrected chi connectivity index (χ3v) is 3.77. The molecule has 24 heavy (non-hydrogen) atoms. The molecule has 2 aromatic carbocycles. The quantitative estimate of drug-likeness (QED) is 0.816. The van der Waals surface area contributed by atoms with E-state index in [1.165, 1.54) is 12.1 Å². The van der Waals surface area contributed by atoms with E-state index in [2.05, 4.69) is 5.32 Å². The van der Waals surface area contributed by atoms with Crippen molar-refractivity contribution in [2.75, 3.05) is 6.61 Å². The van der Waals surface area contributed by atoms with Gasteiger partial charge in [0.05, 0.1) is 12.1 Å². The lowest BCUT2D eigenvalue weighted by Crippen LogP contribution is -2.31. The molecule has 0 bridgehead atoms. The third-order valence-electron chi connectivity index (χ3n) is 3.77. The van der Waals surface area contributed by atoms with E-state index in [1.807, 2.05) is 13.8 Å². The SMILES string of the molecule is CC[C@H](O)c1ccc(OCC(=O)N[C@H](C)c2ccc(F)cc2)cc1. The summed E-state index contributed by atoms with van der Waals surface area (Å²) in [6.07, 6.45) is 0.156. The van der Waals surface area contributed by atoms with E-state index < -0.39 is 6.10 Å². The summed E-state index contributed by atoms with van der Waals surface area (Å²) in [6.45, 7) is 3.62. The molecule has 0 saturated heterocycles. The highest BCUT2D eigenvalue weighted by molar-refractivity contribution is 5.78. The number of carbonyl (C=O) groups excluding carboxylic acids is 1. The minimum atomic E-state index is -0.487. The standard InChI is InChI=1S/C19H22FNO3/c1-3-18(22)15-6-10-17(11-7-15)24-12-19(23)21-13(2)14-4-8-16(20)9-5-14/h4-11,13,18,22H,3,12H2,1-2H3,(H,21,23)/t13-,18+/m1/s1. The predicted molar refractivity (Wildman–Crippen MR) is 90.1 cm³/mol. The lowest BCUT2D eigenvalue weighted by Gasteiger charge is -2.15. The fourth-order valence-corrected chi connectivity index (χ4v) is 2.29. The Morgan fingerprint density at radius 3 is 2.29 bits per heavy atom. The minimum absolute atomic E-state index is 0.110. The van der Waals surface area contributed by atoms with Crippen molar-refractivity contribution in [2.24, 2.45) is 0 Å². The van der Waals surface area contributed by atoms with Crippen LogP contribution in [0.2, 0.25) is 0 Å². The molecule has 0 aliphatic heterocycles. The Balaban J connectivity index is 1.83. The molecule has 2 N–H and O–H groups in total. The zero-order valence-electron chi connectivity index (χ0n) is 13.8. The van der Waals surface area contributed by atoms with Gasteiger partial charge in [0, 0.05) is 0 Å². The van der Waals surface area contributed by atoms with Gasteiger partial charge in [0.15, 0.2) is 6.61 Å². The Hall–Kier alpha value is -2.40. The zero-order chi connectivity index (χ0) is 17.5. The van der Waals surface area contributed by atoms with Crippen molar-refractivity contribution in [1.82, 2.24) is 5.32 Å². The molecule has 4 nitrogen and oxygen atoms in total. The van der Waals surface area contributed by atoms with Crippen molar-refractivity contribution in [3.8, 4) is 5.75 Å². The van der Waals surface area contributed by atoms with Crippen LogP contribution in [0.5, 0.6) is 5.75 Å². The monoisotopic (exact) mass is 331 g/mol. The van der Waals surface area contributed by atoms with Crippen LogP contribution in [-0.4, -0.2) is 17.6 Å². The van der Waals surface area contributed by atoms with Crippen LogP contribution >= 0.6 is 0 Å². The molecule has 0 fully saturated rings. The summed E-state index contributed by atoms with van der Waals surface area (Å²) in [4.78, 5) is 11.9. The van der Waals surface area contributed by atoms with Gasteiger partial charge >= 0.3 is 0 Å². The number of rotatable bonds is 7. The number of benzene rings is 2. The number of hydrogen-bond acceptors (Lipinski definition) is 3. The molecule has 2 rings (SSSR count). The molecule has 5 heteroatoms. The summed E-state index contributed by atoms with van der Waals surface area (Å²) in [5.41, 5.74) is 1.64. The summed E-state index contributed by atoms with van der Waals surface area (Å²) in [6, 6.07) is 12.8.